The molecule has 2 aromatic heterocycles. The third kappa shape index (κ3) is 2.56. The molecular weight excluding hydrogens is 305 g/mol. The second-order valence-corrected chi connectivity index (χ2v) is 4.87. The Morgan fingerprint density at radius 1 is 1.10 bits per heavy atom. The van der Waals surface area contributed by atoms with Crippen LogP contribution in [0.15, 0.2) is 30.3 Å². The number of fused-ring (bicyclic) bond motifs is 1. The van der Waals surface area contributed by atoms with Gasteiger partial charge >= 0.3 is 6.18 Å². The molecule has 21 heavy (non-hydrogen) atoms. The maximum Gasteiger partial charge on any atom is 0.453 e. The van der Waals surface area contributed by atoms with E-state index in [4.69, 9.17) is 11.6 Å². The molecular formula is C13H8ClF3N4. The summed E-state index contributed by atoms with van der Waals surface area (Å²) in [5, 5.41) is 4.00. The highest BCUT2D eigenvalue weighted by Gasteiger charge is 2.36. The summed E-state index contributed by atoms with van der Waals surface area (Å²) in [5.74, 6) is -1.29. The molecule has 0 radical (unpaired) electrons. The highest BCUT2D eigenvalue weighted by atomic mass is 35.5. The Morgan fingerprint density at radius 3 is 2.38 bits per heavy atom. The lowest BCUT2D eigenvalue weighted by Gasteiger charge is -2.03. The van der Waals surface area contributed by atoms with Crippen molar-refractivity contribution >= 4 is 17.4 Å². The van der Waals surface area contributed by atoms with Crippen LogP contribution < -0.4 is 0 Å². The Kier molecular flexibility index (Phi) is 3.09. The van der Waals surface area contributed by atoms with E-state index < -0.39 is 12.0 Å². The van der Waals surface area contributed by atoms with Gasteiger partial charge in [-0.15, -0.1) is 5.10 Å². The van der Waals surface area contributed by atoms with Crippen LogP contribution in [-0.2, 0) is 6.18 Å². The highest BCUT2D eigenvalue weighted by Crippen LogP contribution is 2.27. The van der Waals surface area contributed by atoms with E-state index in [1.165, 1.54) is 0 Å². The smallest absolute Gasteiger partial charge is 0.211 e. The summed E-state index contributed by atoms with van der Waals surface area (Å²) in [6.07, 6.45) is -4.60. The highest BCUT2D eigenvalue weighted by molar-refractivity contribution is 6.30. The Balaban J connectivity index is 2.16. The molecule has 2 heterocycles. The van der Waals surface area contributed by atoms with E-state index in [1.807, 2.05) is 0 Å². The predicted octanol–water partition coefficient (Wildman–Crippen LogP) is 3.77. The van der Waals surface area contributed by atoms with Gasteiger partial charge in [-0.3, -0.25) is 0 Å². The van der Waals surface area contributed by atoms with E-state index >= 15 is 0 Å². The monoisotopic (exact) mass is 312 g/mol. The molecule has 0 unspecified atom stereocenters. The SMILES string of the molecule is Cc1cc(-c2ccc(Cl)cc2)nc2nc(C(F)(F)F)nn12. The summed E-state index contributed by atoms with van der Waals surface area (Å²) in [5.41, 5.74) is 1.76. The number of hydrogen-bond acceptors (Lipinski definition) is 3. The van der Waals surface area contributed by atoms with Gasteiger partial charge in [-0.1, -0.05) is 23.7 Å². The van der Waals surface area contributed by atoms with Crippen LogP contribution >= 0.6 is 11.6 Å². The molecule has 0 aliphatic heterocycles. The standard InChI is InChI=1S/C13H8ClF3N4/c1-7-6-10(8-2-4-9(14)5-3-8)18-12-19-11(13(15,16)17)20-21(7)12/h2-6H,1H3. The van der Waals surface area contributed by atoms with E-state index in [-0.39, 0.29) is 5.78 Å². The summed E-state index contributed by atoms with van der Waals surface area (Å²) < 4.78 is 39.0. The molecule has 3 aromatic rings. The lowest BCUT2D eigenvalue weighted by molar-refractivity contribution is -0.144. The number of rotatable bonds is 1. The average Bonchev–Trinajstić information content (AvgIpc) is 2.84. The Bertz CT molecular complexity index is 809. The van der Waals surface area contributed by atoms with Crippen LogP contribution in [0.3, 0.4) is 0 Å². The summed E-state index contributed by atoms with van der Waals surface area (Å²) >= 11 is 5.81. The molecule has 0 bridgehead atoms. The first-order valence-corrected chi connectivity index (χ1v) is 6.30. The van der Waals surface area contributed by atoms with Crippen LogP contribution in [0.1, 0.15) is 11.5 Å². The second kappa shape index (κ2) is 4.70. The maximum absolute atomic E-state index is 12.6. The number of halogens is 4. The van der Waals surface area contributed by atoms with Crippen molar-refractivity contribution in [2.45, 2.75) is 13.1 Å². The van der Waals surface area contributed by atoms with Gasteiger partial charge in [0.25, 0.3) is 11.6 Å². The van der Waals surface area contributed by atoms with E-state index in [0.717, 1.165) is 10.1 Å². The third-order valence-corrected chi connectivity index (χ3v) is 3.14. The van der Waals surface area contributed by atoms with E-state index in [2.05, 4.69) is 15.1 Å². The number of nitrogens with zero attached hydrogens (tertiary/aromatic N) is 4. The number of hydrogen-bond donors (Lipinski definition) is 0. The van der Waals surface area contributed by atoms with Crippen molar-refractivity contribution in [1.29, 1.82) is 0 Å². The van der Waals surface area contributed by atoms with Gasteiger partial charge in [0.15, 0.2) is 0 Å². The summed E-state index contributed by atoms with van der Waals surface area (Å²) in [4.78, 5) is 7.55. The van der Waals surface area contributed by atoms with Crippen LogP contribution in [0, 0.1) is 6.92 Å². The fourth-order valence-electron chi connectivity index (χ4n) is 1.90. The number of aryl methyl sites for hydroxylation is 1. The molecule has 0 spiro atoms. The van der Waals surface area contributed by atoms with Crippen LogP contribution in [0.25, 0.3) is 17.0 Å². The molecule has 1 aromatic carbocycles. The first-order valence-electron chi connectivity index (χ1n) is 5.92. The van der Waals surface area contributed by atoms with Crippen molar-refractivity contribution in [3.63, 3.8) is 0 Å². The van der Waals surface area contributed by atoms with Crippen molar-refractivity contribution in [2.75, 3.05) is 0 Å². The molecule has 4 nitrogen and oxygen atoms in total. The molecule has 0 aliphatic carbocycles. The number of aromatic nitrogens is 4. The van der Waals surface area contributed by atoms with Gasteiger partial charge in [-0.05, 0) is 25.1 Å². The van der Waals surface area contributed by atoms with Gasteiger partial charge in [-0.25, -0.2) is 9.50 Å². The number of benzene rings is 1. The Hall–Kier alpha value is -2.15. The molecule has 0 amide bonds. The Labute approximate surface area is 122 Å². The molecule has 0 aliphatic rings. The fraction of sp³-hybridized carbons (Fsp3) is 0.154. The molecule has 0 atom stereocenters. The van der Waals surface area contributed by atoms with Crippen molar-refractivity contribution in [1.82, 2.24) is 19.6 Å². The minimum absolute atomic E-state index is 0.0905. The van der Waals surface area contributed by atoms with E-state index in [9.17, 15) is 13.2 Å². The minimum Gasteiger partial charge on any atom is -0.211 e. The van der Waals surface area contributed by atoms with Crippen molar-refractivity contribution in [2.24, 2.45) is 0 Å². The predicted molar refractivity (Wildman–Crippen MR) is 71.0 cm³/mol. The second-order valence-electron chi connectivity index (χ2n) is 4.43. The molecule has 0 saturated heterocycles. The Morgan fingerprint density at radius 2 is 1.76 bits per heavy atom. The lowest BCUT2D eigenvalue weighted by atomic mass is 10.1. The van der Waals surface area contributed by atoms with Crippen LogP contribution in [0.5, 0.6) is 0 Å². The van der Waals surface area contributed by atoms with Crippen LogP contribution in [0.4, 0.5) is 13.2 Å². The van der Waals surface area contributed by atoms with Gasteiger partial charge in [0.2, 0.25) is 0 Å². The van der Waals surface area contributed by atoms with Gasteiger partial charge in [-0.2, -0.15) is 18.2 Å². The fourth-order valence-corrected chi connectivity index (χ4v) is 2.03. The zero-order chi connectivity index (χ0) is 15.2. The summed E-state index contributed by atoms with van der Waals surface area (Å²) in [6.45, 7) is 1.64. The van der Waals surface area contributed by atoms with Crippen molar-refractivity contribution in [3.05, 3.63) is 46.9 Å². The topological polar surface area (TPSA) is 43.1 Å². The number of alkyl halides is 3. The van der Waals surface area contributed by atoms with Crippen LogP contribution in [0.2, 0.25) is 5.02 Å². The third-order valence-electron chi connectivity index (χ3n) is 2.88. The van der Waals surface area contributed by atoms with Gasteiger partial charge in [0.05, 0.1) is 5.69 Å². The molecule has 0 N–H and O–H groups in total. The van der Waals surface area contributed by atoms with Crippen molar-refractivity contribution < 1.29 is 13.2 Å². The normalized spacial score (nSPS) is 12.0. The molecule has 0 fully saturated rings. The molecule has 0 saturated carbocycles. The lowest BCUT2D eigenvalue weighted by Crippen LogP contribution is -2.07. The molecule has 8 heteroatoms. The van der Waals surface area contributed by atoms with E-state index in [1.54, 1.807) is 37.3 Å². The van der Waals surface area contributed by atoms with Gasteiger partial charge in [0.1, 0.15) is 0 Å². The van der Waals surface area contributed by atoms with Gasteiger partial charge in [0, 0.05) is 16.3 Å². The first kappa shape index (κ1) is 13.8. The minimum atomic E-state index is -4.60. The molecule has 3 rings (SSSR count). The zero-order valence-electron chi connectivity index (χ0n) is 10.7. The molecule has 108 valence electrons. The maximum atomic E-state index is 12.6. The largest absolute Gasteiger partial charge is 0.453 e. The quantitative estimate of drug-likeness (QED) is 0.687. The van der Waals surface area contributed by atoms with E-state index in [0.29, 0.717) is 16.4 Å². The van der Waals surface area contributed by atoms with Crippen molar-refractivity contribution in [3.8, 4) is 11.3 Å². The van der Waals surface area contributed by atoms with Crippen LogP contribution in [-0.4, -0.2) is 19.6 Å². The summed E-state index contributed by atoms with van der Waals surface area (Å²) in [7, 11) is 0. The zero-order valence-corrected chi connectivity index (χ0v) is 11.4. The summed E-state index contributed by atoms with van der Waals surface area (Å²) in [6, 6.07) is 8.49. The first-order chi connectivity index (χ1) is 9.84. The van der Waals surface area contributed by atoms with Gasteiger partial charge < -0.3 is 0 Å². The average molecular weight is 313 g/mol.